The lowest BCUT2D eigenvalue weighted by Gasteiger charge is -2.00. The molecule has 2 heteroatoms. The molecule has 64 valence electrons. The molecule has 2 nitrogen and oxygen atoms in total. The molecule has 1 N–H and O–H groups in total. The molecule has 0 aromatic carbocycles. The molecule has 0 aliphatic carbocycles. The molecular formula is C9H17NO. The summed E-state index contributed by atoms with van der Waals surface area (Å²) in [4.78, 5) is 10.9. The molecule has 11 heavy (non-hydrogen) atoms. The molecule has 0 aliphatic rings. The molecular weight excluding hydrogens is 138 g/mol. The minimum Gasteiger partial charge on any atom is -0.356 e. The van der Waals surface area contributed by atoms with E-state index in [-0.39, 0.29) is 5.91 Å². The molecule has 0 aromatic rings. The van der Waals surface area contributed by atoms with Crippen molar-refractivity contribution in [3.63, 3.8) is 0 Å². The van der Waals surface area contributed by atoms with Gasteiger partial charge in [-0.1, -0.05) is 25.5 Å². The fourth-order valence-corrected chi connectivity index (χ4v) is 0.702. The van der Waals surface area contributed by atoms with Crippen LogP contribution in [0.5, 0.6) is 0 Å². The number of rotatable bonds is 5. The van der Waals surface area contributed by atoms with Gasteiger partial charge in [-0.05, 0) is 13.3 Å². The number of hydrogen-bond donors (Lipinski definition) is 1. The van der Waals surface area contributed by atoms with E-state index in [1.165, 1.54) is 0 Å². The third-order valence-electron chi connectivity index (χ3n) is 1.39. The molecule has 0 bridgehead atoms. The van der Waals surface area contributed by atoms with Crippen LogP contribution >= 0.6 is 0 Å². The van der Waals surface area contributed by atoms with E-state index >= 15 is 0 Å². The molecule has 0 spiro atoms. The number of carbonyl (C=O) groups excluding carboxylic acids is 1. The van der Waals surface area contributed by atoms with Gasteiger partial charge in [0, 0.05) is 13.0 Å². The second-order valence-corrected chi connectivity index (χ2v) is 2.48. The average Bonchev–Trinajstić information content (AvgIpc) is 2.01. The van der Waals surface area contributed by atoms with Crippen LogP contribution in [0.1, 0.15) is 33.1 Å². The zero-order valence-electron chi connectivity index (χ0n) is 7.39. The predicted octanol–water partition coefficient (Wildman–Crippen LogP) is 1.87. The Labute approximate surface area is 68.7 Å². The minimum atomic E-state index is 0.122. The maximum atomic E-state index is 10.9. The lowest BCUT2D eigenvalue weighted by molar-refractivity contribution is -0.120. The minimum absolute atomic E-state index is 0.122. The first-order valence-electron chi connectivity index (χ1n) is 4.19. The van der Waals surface area contributed by atoms with E-state index in [1.807, 2.05) is 19.1 Å². The molecule has 1 amide bonds. The topological polar surface area (TPSA) is 29.1 Å². The summed E-state index contributed by atoms with van der Waals surface area (Å²) >= 11 is 0. The first-order chi connectivity index (χ1) is 5.31. The number of amides is 1. The summed E-state index contributed by atoms with van der Waals surface area (Å²) in [6, 6.07) is 0. The van der Waals surface area contributed by atoms with Gasteiger partial charge in [0.2, 0.25) is 5.91 Å². The second kappa shape index (κ2) is 7.32. The van der Waals surface area contributed by atoms with E-state index in [2.05, 4.69) is 12.2 Å². The standard InChI is InChI=1S/C9H17NO/c1-3-5-7-9(11)10-8-6-4-2/h3,5H,4,6-8H2,1-2H3,(H,10,11). The number of hydrogen-bond acceptors (Lipinski definition) is 1. The summed E-state index contributed by atoms with van der Waals surface area (Å²) in [6.45, 7) is 4.84. The van der Waals surface area contributed by atoms with Crippen LogP contribution in [-0.4, -0.2) is 12.5 Å². The Morgan fingerprint density at radius 2 is 2.27 bits per heavy atom. The molecule has 0 atom stereocenters. The first kappa shape index (κ1) is 10.2. The third-order valence-corrected chi connectivity index (χ3v) is 1.39. The SMILES string of the molecule is CC=CCC(=O)NCCCC. The highest BCUT2D eigenvalue weighted by Gasteiger charge is 1.94. The fourth-order valence-electron chi connectivity index (χ4n) is 0.702. The van der Waals surface area contributed by atoms with E-state index in [0.717, 1.165) is 19.4 Å². The smallest absolute Gasteiger partial charge is 0.223 e. The lowest BCUT2D eigenvalue weighted by atomic mass is 10.3. The summed E-state index contributed by atoms with van der Waals surface area (Å²) in [5.74, 6) is 0.122. The van der Waals surface area contributed by atoms with Crippen molar-refractivity contribution < 1.29 is 4.79 Å². The number of unbranched alkanes of at least 4 members (excludes halogenated alkanes) is 1. The highest BCUT2D eigenvalue weighted by molar-refractivity contribution is 5.77. The van der Waals surface area contributed by atoms with Crippen LogP contribution in [0, 0.1) is 0 Å². The van der Waals surface area contributed by atoms with Crippen LogP contribution in [0.3, 0.4) is 0 Å². The van der Waals surface area contributed by atoms with Crippen molar-refractivity contribution in [2.24, 2.45) is 0 Å². The van der Waals surface area contributed by atoms with E-state index in [4.69, 9.17) is 0 Å². The maximum absolute atomic E-state index is 10.9. The number of allylic oxidation sites excluding steroid dienone is 1. The summed E-state index contributed by atoms with van der Waals surface area (Å²) in [6.07, 6.45) is 6.46. The van der Waals surface area contributed by atoms with Crippen LogP contribution in [0.15, 0.2) is 12.2 Å². The van der Waals surface area contributed by atoms with Crippen molar-refractivity contribution in [2.45, 2.75) is 33.1 Å². The maximum Gasteiger partial charge on any atom is 0.223 e. The summed E-state index contributed by atoms with van der Waals surface area (Å²) in [5, 5.41) is 2.83. The van der Waals surface area contributed by atoms with Crippen LogP contribution in [0.4, 0.5) is 0 Å². The van der Waals surface area contributed by atoms with E-state index < -0.39 is 0 Å². The third kappa shape index (κ3) is 7.10. The monoisotopic (exact) mass is 155 g/mol. The van der Waals surface area contributed by atoms with Crippen molar-refractivity contribution in [3.8, 4) is 0 Å². The van der Waals surface area contributed by atoms with E-state index in [1.54, 1.807) is 0 Å². The summed E-state index contributed by atoms with van der Waals surface area (Å²) in [5.41, 5.74) is 0. The molecule has 0 unspecified atom stereocenters. The van der Waals surface area contributed by atoms with Gasteiger partial charge in [0.05, 0.1) is 0 Å². The highest BCUT2D eigenvalue weighted by atomic mass is 16.1. The van der Waals surface area contributed by atoms with Gasteiger partial charge >= 0.3 is 0 Å². The average molecular weight is 155 g/mol. The Kier molecular flexibility index (Phi) is 6.79. The Hall–Kier alpha value is -0.790. The lowest BCUT2D eigenvalue weighted by Crippen LogP contribution is -2.23. The summed E-state index contributed by atoms with van der Waals surface area (Å²) < 4.78 is 0. The molecule has 0 aromatic heterocycles. The Morgan fingerprint density at radius 1 is 1.55 bits per heavy atom. The molecule has 0 saturated carbocycles. The van der Waals surface area contributed by atoms with Gasteiger partial charge in [0.25, 0.3) is 0 Å². The van der Waals surface area contributed by atoms with Crippen LogP contribution < -0.4 is 5.32 Å². The van der Waals surface area contributed by atoms with Gasteiger partial charge in [0.1, 0.15) is 0 Å². The Bertz CT molecular complexity index is 130. The zero-order chi connectivity index (χ0) is 8.53. The number of nitrogens with one attached hydrogen (secondary N) is 1. The summed E-state index contributed by atoms with van der Waals surface area (Å²) in [7, 11) is 0. The predicted molar refractivity (Wildman–Crippen MR) is 47.3 cm³/mol. The molecule has 0 heterocycles. The van der Waals surface area contributed by atoms with Gasteiger partial charge in [-0.25, -0.2) is 0 Å². The van der Waals surface area contributed by atoms with Gasteiger partial charge in [-0.2, -0.15) is 0 Å². The molecule has 0 saturated heterocycles. The largest absolute Gasteiger partial charge is 0.356 e. The Morgan fingerprint density at radius 3 is 2.82 bits per heavy atom. The van der Waals surface area contributed by atoms with Crippen molar-refractivity contribution in [1.29, 1.82) is 0 Å². The van der Waals surface area contributed by atoms with Gasteiger partial charge in [-0.15, -0.1) is 0 Å². The van der Waals surface area contributed by atoms with Crippen molar-refractivity contribution in [1.82, 2.24) is 5.32 Å². The zero-order valence-corrected chi connectivity index (χ0v) is 7.39. The van der Waals surface area contributed by atoms with Gasteiger partial charge in [0.15, 0.2) is 0 Å². The molecule has 0 radical (unpaired) electrons. The first-order valence-corrected chi connectivity index (χ1v) is 4.19. The quantitative estimate of drug-likeness (QED) is 0.476. The molecule has 0 aliphatic heterocycles. The van der Waals surface area contributed by atoms with E-state index in [9.17, 15) is 4.79 Å². The second-order valence-electron chi connectivity index (χ2n) is 2.48. The Balaban J connectivity index is 3.23. The van der Waals surface area contributed by atoms with Crippen molar-refractivity contribution >= 4 is 5.91 Å². The van der Waals surface area contributed by atoms with Crippen molar-refractivity contribution in [3.05, 3.63) is 12.2 Å². The van der Waals surface area contributed by atoms with Crippen LogP contribution in [0.2, 0.25) is 0 Å². The normalized spacial score (nSPS) is 10.4. The van der Waals surface area contributed by atoms with E-state index in [0.29, 0.717) is 6.42 Å². The van der Waals surface area contributed by atoms with Crippen molar-refractivity contribution in [2.75, 3.05) is 6.54 Å². The molecule has 0 fully saturated rings. The van der Waals surface area contributed by atoms with Crippen LogP contribution in [-0.2, 0) is 4.79 Å². The van der Waals surface area contributed by atoms with Crippen LogP contribution in [0.25, 0.3) is 0 Å². The molecule has 0 rings (SSSR count). The van der Waals surface area contributed by atoms with Gasteiger partial charge in [-0.3, -0.25) is 4.79 Å². The fraction of sp³-hybridized carbons (Fsp3) is 0.667. The number of carbonyl (C=O) groups is 1. The van der Waals surface area contributed by atoms with Gasteiger partial charge < -0.3 is 5.32 Å². The highest BCUT2D eigenvalue weighted by Crippen LogP contribution is 1.85.